The quantitative estimate of drug-likeness (QED) is 0.433. The van der Waals surface area contributed by atoms with E-state index in [2.05, 4.69) is 15.9 Å². The Hall–Kier alpha value is -2.49. The third-order valence-corrected chi connectivity index (χ3v) is 5.42. The molecule has 3 rings (SSSR count). The van der Waals surface area contributed by atoms with Crippen molar-refractivity contribution in [2.45, 2.75) is 32.1 Å². The van der Waals surface area contributed by atoms with Crippen LogP contribution in [0.4, 0.5) is 32.4 Å². The van der Waals surface area contributed by atoms with Crippen LogP contribution in [0.3, 0.4) is 0 Å². The van der Waals surface area contributed by atoms with Crippen molar-refractivity contribution in [2.24, 2.45) is 0 Å². The molecule has 0 N–H and O–H groups in total. The number of rotatable bonds is 3. The molecular weight excluding hydrogens is 463 g/mol. The summed E-state index contributed by atoms with van der Waals surface area (Å²) in [5, 5.41) is 0. The van der Waals surface area contributed by atoms with Crippen LogP contribution in [0.2, 0.25) is 0 Å². The number of benzene rings is 2. The molecule has 1 aliphatic rings. The lowest BCUT2D eigenvalue weighted by molar-refractivity contribution is -0.140. The Balaban J connectivity index is 2.01. The van der Waals surface area contributed by atoms with Gasteiger partial charge in [0.05, 0.1) is 11.3 Å². The Morgan fingerprint density at radius 1 is 1.03 bits per heavy atom. The first-order valence-electron chi connectivity index (χ1n) is 8.31. The first kappa shape index (κ1) is 21.2. The van der Waals surface area contributed by atoms with Gasteiger partial charge in [0.15, 0.2) is 0 Å². The van der Waals surface area contributed by atoms with E-state index in [0.717, 1.165) is 11.0 Å². The van der Waals surface area contributed by atoms with E-state index in [9.17, 15) is 31.5 Å². The number of imide groups is 1. The number of halogens is 6. The van der Waals surface area contributed by atoms with Crippen molar-refractivity contribution >= 4 is 33.6 Å². The Bertz CT molecular complexity index is 1010. The highest BCUT2D eigenvalue weighted by atomic mass is 79.9. The summed E-state index contributed by atoms with van der Waals surface area (Å²) in [4.78, 5) is 27.5. The SMILES string of the molecule is CC1(C)C(=O)N(c2ccc(F)c(C(F)(F)F)c2)C(=O)N1Cc1ccc(F)cc1Br. The molecule has 2 aromatic rings. The number of amides is 3. The number of hydrogen-bond donors (Lipinski definition) is 0. The monoisotopic (exact) mass is 476 g/mol. The molecule has 1 fully saturated rings. The van der Waals surface area contributed by atoms with Crippen LogP contribution in [0.5, 0.6) is 0 Å². The standard InChI is InChI=1S/C19H14BrF5N2O2/c1-18(2)16(28)27(12-5-6-15(22)13(8-12)19(23,24)25)17(29)26(18)9-10-3-4-11(21)7-14(10)20/h3-8H,9H2,1-2H3. The summed E-state index contributed by atoms with van der Waals surface area (Å²) < 4.78 is 66.3. The maximum Gasteiger partial charge on any atom is 0.419 e. The van der Waals surface area contributed by atoms with Crippen LogP contribution in [0.1, 0.15) is 25.0 Å². The van der Waals surface area contributed by atoms with Gasteiger partial charge in [-0.05, 0) is 49.7 Å². The van der Waals surface area contributed by atoms with Crippen molar-refractivity contribution in [3.63, 3.8) is 0 Å². The molecule has 0 spiro atoms. The highest BCUT2D eigenvalue weighted by Crippen LogP contribution is 2.38. The zero-order valence-corrected chi connectivity index (χ0v) is 16.7. The second-order valence-corrected chi connectivity index (χ2v) is 7.82. The lowest BCUT2D eigenvalue weighted by atomic mass is 10.0. The Labute approximate surface area is 171 Å². The predicted molar refractivity (Wildman–Crippen MR) is 98.0 cm³/mol. The maximum atomic E-state index is 13.6. The number of alkyl halides is 3. The third-order valence-electron chi connectivity index (χ3n) is 4.68. The van der Waals surface area contributed by atoms with E-state index < -0.39 is 40.9 Å². The van der Waals surface area contributed by atoms with E-state index in [1.807, 2.05) is 0 Å². The molecule has 0 saturated carbocycles. The van der Waals surface area contributed by atoms with Crippen LogP contribution in [0, 0.1) is 11.6 Å². The van der Waals surface area contributed by atoms with Crippen molar-refractivity contribution < 1.29 is 31.5 Å². The van der Waals surface area contributed by atoms with E-state index in [0.29, 0.717) is 27.1 Å². The smallest absolute Gasteiger partial charge is 0.305 e. The summed E-state index contributed by atoms with van der Waals surface area (Å²) in [5.74, 6) is -2.77. The molecule has 29 heavy (non-hydrogen) atoms. The summed E-state index contributed by atoms with van der Waals surface area (Å²) in [7, 11) is 0. The molecule has 0 aromatic heterocycles. The van der Waals surface area contributed by atoms with Gasteiger partial charge in [-0.2, -0.15) is 13.2 Å². The largest absolute Gasteiger partial charge is 0.419 e. The van der Waals surface area contributed by atoms with Crippen LogP contribution >= 0.6 is 15.9 Å². The van der Waals surface area contributed by atoms with Gasteiger partial charge in [0.25, 0.3) is 5.91 Å². The minimum atomic E-state index is -4.99. The average Bonchev–Trinajstić information content (AvgIpc) is 2.76. The second-order valence-electron chi connectivity index (χ2n) is 6.97. The molecule has 1 saturated heterocycles. The zero-order valence-electron chi connectivity index (χ0n) is 15.1. The number of carbonyl (C=O) groups excluding carboxylic acids is 2. The van der Waals surface area contributed by atoms with Gasteiger partial charge < -0.3 is 4.90 Å². The fraction of sp³-hybridized carbons (Fsp3) is 0.263. The lowest BCUT2D eigenvalue weighted by Crippen LogP contribution is -2.43. The molecule has 4 nitrogen and oxygen atoms in total. The number of hydrogen-bond acceptors (Lipinski definition) is 2. The van der Waals surface area contributed by atoms with Gasteiger partial charge in [-0.3, -0.25) is 4.79 Å². The molecule has 0 radical (unpaired) electrons. The summed E-state index contributed by atoms with van der Waals surface area (Å²) in [5.41, 5.74) is -2.86. The van der Waals surface area contributed by atoms with Crippen LogP contribution in [-0.2, 0) is 17.5 Å². The topological polar surface area (TPSA) is 40.6 Å². The number of anilines is 1. The molecule has 3 amide bonds. The molecule has 10 heteroatoms. The molecule has 0 atom stereocenters. The van der Waals surface area contributed by atoms with Gasteiger partial charge >= 0.3 is 12.2 Å². The van der Waals surface area contributed by atoms with Crippen molar-refractivity contribution in [1.82, 2.24) is 4.90 Å². The predicted octanol–water partition coefficient (Wildman–Crippen LogP) is 5.49. The van der Waals surface area contributed by atoms with Crippen molar-refractivity contribution in [1.29, 1.82) is 0 Å². The summed E-state index contributed by atoms with van der Waals surface area (Å²) >= 11 is 3.18. The minimum absolute atomic E-state index is 0.0950. The molecule has 1 aliphatic heterocycles. The summed E-state index contributed by atoms with van der Waals surface area (Å²) in [6.45, 7) is 2.79. The van der Waals surface area contributed by atoms with Gasteiger partial charge in [-0.25, -0.2) is 18.5 Å². The fourth-order valence-corrected chi connectivity index (χ4v) is 3.49. The lowest BCUT2D eigenvalue weighted by Gasteiger charge is -2.28. The number of urea groups is 1. The minimum Gasteiger partial charge on any atom is -0.305 e. The number of carbonyl (C=O) groups is 2. The van der Waals surface area contributed by atoms with Crippen LogP contribution < -0.4 is 4.90 Å². The molecule has 1 heterocycles. The van der Waals surface area contributed by atoms with Crippen molar-refractivity contribution in [3.05, 3.63) is 63.6 Å². The van der Waals surface area contributed by atoms with Crippen molar-refractivity contribution in [2.75, 3.05) is 4.90 Å². The molecule has 2 aromatic carbocycles. The summed E-state index contributed by atoms with van der Waals surface area (Å²) in [6, 6.07) is 4.86. The normalized spacial score (nSPS) is 16.7. The van der Waals surface area contributed by atoms with E-state index >= 15 is 0 Å². The van der Waals surface area contributed by atoms with E-state index in [1.165, 1.54) is 32.0 Å². The van der Waals surface area contributed by atoms with Crippen molar-refractivity contribution in [3.8, 4) is 0 Å². The highest BCUT2D eigenvalue weighted by molar-refractivity contribution is 9.10. The Morgan fingerprint density at radius 3 is 2.28 bits per heavy atom. The summed E-state index contributed by atoms with van der Waals surface area (Å²) in [6.07, 6.45) is -4.99. The Kier molecular flexibility index (Phi) is 5.18. The maximum absolute atomic E-state index is 13.6. The fourth-order valence-electron chi connectivity index (χ4n) is 3.02. The Morgan fingerprint density at radius 2 is 1.69 bits per heavy atom. The van der Waals surface area contributed by atoms with Gasteiger partial charge in [-0.15, -0.1) is 0 Å². The third kappa shape index (κ3) is 3.73. The first-order chi connectivity index (χ1) is 13.3. The molecule has 154 valence electrons. The molecule has 0 bridgehead atoms. The average molecular weight is 477 g/mol. The highest BCUT2D eigenvalue weighted by Gasteiger charge is 2.52. The molecular formula is C19H14BrF5N2O2. The first-order valence-corrected chi connectivity index (χ1v) is 9.10. The van der Waals surface area contributed by atoms with Crippen LogP contribution in [-0.4, -0.2) is 22.4 Å². The van der Waals surface area contributed by atoms with Gasteiger partial charge in [0, 0.05) is 11.0 Å². The van der Waals surface area contributed by atoms with Crippen LogP contribution in [0.25, 0.3) is 0 Å². The van der Waals surface area contributed by atoms with Gasteiger partial charge in [-0.1, -0.05) is 22.0 Å². The zero-order chi connectivity index (χ0) is 21.7. The molecule has 0 unspecified atom stereocenters. The van der Waals surface area contributed by atoms with Gasteiger partial charge in [0.1, 0.15) is 17.2 Å². The number of nitrogens with zero attached hydrogens (tertiary/aromatic N) is 2. The van der Waals surface area contributed by atoms with E-state index in [1.54, 1.807) is 0 Å². The van der Waals surface area contributed by atoms with E-state index in [4.69, 9.17) is 0 Å². The molecule has 0 aliphatic carbocycles. The van der Waals surface area contributed by atoms with E-state index in [-0.39, 0.29) is 12.2 Å². The second kappa shape index (κ2) is 7.08. The van der Waals surface area contributed by atoms with Gasteiger partial charge in [0.2, 0.25) is 0 Å². The van der Waals surface area contributed by atoms with Crippen LogP contribution in [0.15, 0.2) is 40.9 Å².